The second-order valence-electron chi connectivity index (χ2n) is 11.0. The summed E-state index contributed by atoms with van der Waals surface area (Å²) in [4.78, 5) is 0. The Kier molecular flexibility index (Phi) is 9.03. The first-order valence-electron chi connectivity index (χ1n) is 16.0. The van der Waals surface area contributed by atoms with E-state index < -0.39 is 15.8 Å². The first-order chi connectivity index (χ1) is 22.8. The minimum Gasteiger partial charge on any atom is -0.0683 e. The maximum absolute atomic E-state index is 2.47. The Morgan fingerprint density at radius 3 is 0.804 bits per heavy atom. The number of hydrogen-bond donors (Lipinski definition) is 0. The second kappa shape index (κ2) is 13.8. The monoisotopic (exact) mass is 626 g/mol. The molecule has 0 N–H and O–H groups in total. The lowest BCUT2D eigenvalue weighted by molar-refractivity contribution is 1.50. The molecular formula is C44H36P2. The average molecular weight is 627 g/mol. The number of rotatable bonds is 6. The van der Waals surface area contributed by atoms with Crippen LogP contribution in [0.4, 0.5) is 0 Å². The van der Waals surface area contributed by atoms with Gasteiger partial charge in [0, 0.05) is 0 Å². The van der Waals surface area contributed by atoms with Crippen molar-refractivity contribution in [1.29, 1.82) is 0 Å². The van der Waals surface area contributed by atoms with Gasteiger partial charge in [0.2, 0.25) is 0 Å². The molecule has 0 saturated carbocycles. The maximum atomic E-state index is 2.47. The van der Waals surface area contributed by atoms with Crippen molar-refractivity contribution in [2.75, 3.05) is 0 Å². The molecule has 0 radical (unpaired) electrons. The Bertz CT molecular complexity index is 1950. The molecule has 0 saturated heterocycles. The Labute approximate surface area is 274 Å². The number of benzene rings is 8. The minimum absolute atomic E-state index is 0.681. The second-order valence-corrected chi connectivity index (χ2v) is 15.5. The van der Waals surface area contributed by atoms with Gasteiger partial charge < -0.3 is 0 Å². The molecule has 0 fully saturated rings. The summed E-state index contributed by atoms with van der Waals surface area (Å²) >= 11 is 0. The van der Waals surface area contributed by atoms with Crippen LogP contribution in [-0.2, 0) is 0 Å². The van der Waals surface area contributed by atoms with Crippen LogP contribution in [0.25, 0.3) is 32.3 Å². The highest BCUT2D eigenvalue weighted by molar-refractivity contribution is 7.80. The van der Waals surface area contributed by atoms with Crippen molar-refractivity contribution in [2.24, 2.45) is 0 Å². The van der Waals surface area contributed by atoms with Crippen LogP contribution in [0.1, 0.15) is 13.8 Å². The molecule has 0 spiro atoms. The lowest BCUT2D eigenvalue weighted by atomic mass is 9.94. The van der Waals surface area contributed by atoms with Gasteiger partial charge in [0.15, 0.2) is 0 Å². The predicted molar refractivity (Wildman–Crippen MR) is 208 cm³/mol. The molecule has 222 valence electrons. The van der Waals surface area contributed by atoms with E-state index in [2.05, 4.69) is 182 Å². The normalized spacial score (nSPS) is 11.2. The summed E-state index contributed by atoms with van der Waals surface area (Å²) in [6, 6.07) is 67.4. The molecular weight excluding hydrogens is 590 g/mol. The molecule has 0 aliphatic carbocycles. The fourth-order valence-corrected chi connectivity index (χ4v) is 11.0. The fraction of sp³-hybridized carbons (Fsp3) is 0.0455. The molecule has 46 heavy (non-hydrogen) atoms. The summed E-state index contributed by atoms with van der Waals surface area (Å²) in [6.45, 7) is 4.00. The van der Waals surface area contributed by atoms with E-state index in [0.29, 0.717) is 0 Å². The van der Waals surface area contributed by atoms with Crippen LogP contribution < -0.4 is 31.8 Å². The zero-order valence-corrected chi connectivity index (χ0v) is 28.0. The number of fused-ring (bicyclic) bond motifs is 6. The van der Waals surface area contributed by atoms with Crippen molar-refractivity contribution in [3.63, 3.8) is 0 Å². The molecule has 0 amide bonds. The van der Waals surface area contributed by atoms with Crippen LogP contribution in [-0.4, -0.2) is 0 Å². The summed E-state index contributed by atoms with van der Waals surface area (Å²) in [5.41, 5.74) is 0. The van der Waals surface area contributed by atoms with E-state index in [1.165, 1.54) is 64.1 Å². The van der Waals surface area contributed by atoms with Crippen LogP contribution in [0.15, 0.2) is 182 Å². The molecule has 8 aromatic carbocycles. The topological polar surface area (TPSA) is 0 Å². The highest BCUT2D eigenvalue weighted by Gasteiger charge is 2.20. The van der Waals surface area contributed by atoms with Crippen molar-refractivity contribution in [1.82, 2.24) is 0 Å². The summed E-state index contributed by atoms with van der Waals surface area (Å²) in [5.74, 6) is 0. The Hall–Kier alpha value is -4.60. The van der Waals surface area contributed by atoms with Crippen LogP contribution in [0, 0.1) is 0 Å². The van der Waals surface area contributed by atoms with Crippen molar-refractivity contribution in [3.8, 4) is 0 Å². The van der Waals surface area contributed by atoms with E-state index in [1.54, 1.807) is 0 Å². The highest BCUT2D eigenvalue weighted by Crippen LogP contribution is 2.40. The van der Waals surface area contributed by atoms with Crippen molar-refractivity contribution >= 4 is 80.0 Å². The minimum atomic E-state index is -0.681. The van der Waals surface area contributed by atoms with Crippen molar-refractivity contribution < 1.29 is 0 Å². The van der Waals surface area contributed by atoms with Gasteiger partial charge in [-0.05, 0) is 92.1 Å². The molecule has 0 aromatic heterocycles. The Morgan fingerprint density at radius 2 is 0.500 bits per heavy atom. The summed E-state index contributed by atoms with van der Waals surface area (Å²) < 4.78 is 0. The van der Waals surface area contributed by atoms with Gasteiger partial charge in [0.25, 0.3) is 0 Å². The van der Waals surface area contributed by atoms with Gasteiger partial charge in [-0.15, -0.1) is 0 Å². The van der Waals surface area contributed by atoms with Gasteiger partial charge in [-0.1, -0.05) is 184 Å². The Balaban J connectivity index is 0.00000166. The van der Waals surface area contributed by atoms with Crippen LogP contribution in [0.3, 0.4) is 0 Å². The quantitative estimate of drug-likeness (QED) is 0.127. The average Bonchev–Trinajstić information content (AvgIpc) is 3.15. The lowest BCUT2D eigenvalue weighted by Gasteiger charge is -2.22. The largest absolute Gasteiger partial charge is 0.0683 e. The molecule has 0 bridgehead atoms. The van der Waals surface area contributed by atoms with Crippen molar-refractivity contribution in [2.45, 2.75) is 13.8 Å². The third-order valence-corrected chi connectivity index (χ3v) is 13.2. The zero-order chi connectivity index (χ0) is 31.3. The van der Waals surface area contributed by atoms with E-state index in [0.717, 1.165) is 0 Å². The number of hydrogen-bond acceptors (Lipinski definition) is 0. The molecule has 0 aliphatic heterocycles. The third kappa shape index (κ3) is 5.76. The van der Waals surface area contributed by atoms with Gasteiger partial charge in [0.1, 0.15) is 0 Å². The lowest BCUT2D eigenvalue weighted by Crippen LogP contribution is -2.20. The molecule has 0 unspecified atom stereocenters. The summed E-state index contributed by atoms with van der Waals surface area (Å²) in [6.07, 6.45) is 0. The molecule has 8 aromatic rings. The van der Waals surface area contributed by atoms with E-state index >= 15 is 0 Å². The van der Waals surface area contributed by atoms with Crippen LogP contribution in [0.5, 0.6) is 0 Å². The van der Waals surface area contributed by atoms with E-state index in [1.807, 2.05) is 13.8 Å². The zero-order valence-electron chi connectivity index (χ0n) is 26.2. The van der Waals surface area contributed by atoms with Crippen LogP contribution >= 0.6 is 15.8 Å². The molecule has 8 rings (SSSR count). The molecule has 0 nitrogen and oxygen atoms in total. The van der Waals surface area contributed by atoms with Gasteiger partial charge in [0.05, 0.1) is 0 Å². The summed E-state index contributed by atoms with van der Waals surface area (Å²) in [5, 5.41) is 16.2. The first-order valence-corrected chi connectivity index (χ1v) is 18.7. The van der Waals surface area contributed by atoms with E-state index in [-0.39, 0.29) is 0 Å². The summed E-state index contributed by atoms with van der Waals surface area (Å²) in [7, 11) is -1.36. The standard InChI is InChI=1S/C42H30P2.C2H6/c1-5-15-31(16-6-1)43(32-17-7-2-8-18-32)35-25-27-39-40-28-26-36(30-42(40)38-24-14-13-23-37(38)41(39)29-35)44(33-19-9-3-10-20-33)34-21-11-4-12-22-34;1-2/h1-30H;1-2H3. The molecule has 2 heteroatoms. The molecule has 0 heterocycles. The van der Waals surface area contributed by atoms with Gasteiger partial charge >= 0.3 is 0 Å². The SMILES string of the molecule is CC.c1ccc(P(c2ccccc2)c2ccc3c4ccc(P(c5ccccc5)c5ccccc5)cc4c4ccccc4c3c2)cc1. The van der Waals surface area contributed by atoms with Gasteiger partial charge in [-0.2, -0.15) is 0 Å². The third-order valence-electron chi connectivity index (χ3n) is 8.38. The van der Waals surface area contributed by atoms with Gasteiger partial charge in [-0.25, -0.2) is 0 Å². The predicted octanol–water partition coefficient (Wildman–Crippen LogP) is 9.69. The van der Waals surface area contributed by atoms with E-state index in [9.17, 15) is 0 Å². The smallest absolute Gasteiger partial charge is 0.00924 e. The Morgan fingerprint density at radius 1 is 0.239 bits per heavy atom. The molecule has 0 aliphatic rings. The van der Waals surface area contributed by atoms with Crippen molar-refractivity contribution in [3.05, 3.63) is 182 Å². The van der Waals surface area contributed by atoms with E-state index in [4.69, 9.17) is 0 Å². The van der Waals surface area contributed by atoms with Crippen LogP contribution in [0.2, 0.25) is 0 Å². The highest BCUT2D eigenvalue weighted by atomic mass is 31.1. The molecule has 0 atom stereocenters. The first kappa shape index (κ1) is 30.1. The maximum Gasteiger partial charge on any atom is -0.00924 e. The van der Waals surface area contributed by atoms with Gasteiger partial charge in [-0.3, -0.25) is 0 Å². The fourth-order valence-electron chi connectivity index (χ4n) is 6.41.